The Morgan fingerprint density at radius 2 is 1.88 bits per heavy atom. The lowest BCUT2D eigenvalue weighted by Gasteiger charge is -2.35. The van der Waals surface area contributed by atoms with Gasteiger partial charge in [-0.25, -0.2) is 0 Å². The van der Waals surface area contributed by atoms with Crippen LogP contribution in [0.4, 0.5) is 0 Å². The molecule has 0 aromatic carbocycles. The van der Waals surface area contributed by atoms with Gasteiger partial charge in [-0.2, -0.15) is 0 Å². The first-order valence-corrected chi connectivity index (χ1v) is 7.57. The number of rotatable bonds is 2. The number of nitrogens with one attached hydrogen (secondary N) is 1. The molecular weight excluding hydrogens is 208 g/mol. The van der Waals surface area contributed by atoms with Crippen LogP contribution < -0.4 is 5.32 Å². The Bertz CT molecular complexity index is 258. The summed E-state index contributed by atoms with van der Waals surface area (Å²) in [4.78, 5) is 4.72. The zero-order chi connectivity index (χ0) is 12.1. The molecule has 2 atom stereocenters. The van der Waals surface area contributed by atoms with Crippen LogP contribution >= 0.6 is 0 Å². The van der Waals surface area contributed by atoms with Crippen LogP contribution in [0.2, 0.25) is 0 Å². The first kappa shape index (κ1) is 12.9. The fraction of sp³-hybridized carbons (Fsp3) is 0.933. The number of amidine groups is 1. The van der Waals surface area contributed by atoms with Crippen LogP contribution in [0.25, 0.3) is 0 Å². The van der Waals surface area contributed by atoms with Crippen molar-refractivity contribution in [2.45, 2.75) is 71.3 Å². The van der Waals surface area contributed by atoms with Crippen LogP contribution in [0.3, 0.4) is 0 Å². The molecule has 0 bridgehead atoms. The molecule has 1 N–H and O–H groups in total. The topological polar surface area (TPSA) is 24.4 Å². The van der Waals surface area contributed by atoms with E-state index in [0.29, 0.717) is 6.04 Å². The van der Waals surface area contributed by atoms with Crippen LogP contribution in [0, 0.1) is 11.8 Å². The van der Waals surface area contributed by atoms with Crippen molar-refractivity contribution in [3.8, 4) is 0 Å². The predicted molar refractivity (Wildman–Crippen MR) is 74.5 cm³/mol. The van der Waals surface area contributed by atoms with E-state index < -0.39 is 0 Å². The molecule has 1 aliphatic carbocycles. The lowest BCUT2D eigenvalue weighted by atomic mass is 9.78. The summed E-state index contributed by atoms with van der Waals surface area (Å²) in [6.07, 6.45) is 10.7. The zero-order valence-corrected chi connectivity index (χ0v) is 11.5. The molecule has 2 heteroatoms. The molecule has 2 rings (SSSR count). The maximum atomic E-state index is 4.72. The highest BCUT2D eigenvalue weighted by molar-refractivity contribution is 5.82. The molecule has 0 spiro atoms. The van der Waals surface area contributed by atoms with Gasteiger partial charge in [0, 0.05) is 19.0 Å². The van der Waals surface area contributed by atoms with Crippen molar-refractivity contribution in [1.82, 2.24) is 5.32 Å². The van der Waals surface area contributed by atoms with Gasteiger partial charge < -0.3 is 5.32 Å². The molecule has 1 aliphatic heterocycles. The van der Waals surface area contributed by atoms with Crippen molar-refractivity contribution >= 4 is 5.84 Å². The molecule has 2 aliphatic rings. The molecule has 0 radical (unpaired) electrons. The Hall–Kier alpha value is -0.530. The highest BCUT2D eigenvalue weighted by Crippen LogP contribution is 2.30. The average molecular weight is 236 g/mol. The number of hydrogen-bond donors (Lipinski definition) is 1. The minimum Gasteiger partial charge on any atom is -0.371 e. The minimum atomic E-state index is 0.695. The van der Waals surface area contributed by atoms with Crippen LogP contribution in [-0.2, 0) is 0 Å². The zero-order valence-electron chi connectivity index (χ0n) is 11.5. The van der Waals surface area contributed by atoms with E-state index in [2.05, 4.69) is 19.2 Å². The normalized spacial score (nSPS) is 30.9. The van der Waals surface area contributed by atoms with Gasteiger partial charge in [0.2, 0.25) is 0 Å². The monoisotopic (exact) mass is 236 g/mol. The first-order valence-electron chi connectivity index (χ1n) is 7.57. The summed E-state index contributed by atoms with van der Waals surface area (Å²) in [5, 5.41) is 3.78. The van der Waals surface area contributed by atoms with Gasteiger partial charge in [0.25, 0.3) is 0 Å². The summed E-state index contributed by atoms with van der Waals surface area (Å²) in [5.41, 5.74) is 0. The Labute approximate surface area is 106 Å². The Morgan fingerprint density at radius 3 is 2.71 bits per heavy atom. The van der Waals surface area contributed by atoms with Gasteiger partial charge in [-0.1, -0.05) is 33.1 Å². The fourth-order valence-electron chi connectivity index (χ4n) is 3.34. The van der Waals surface area contributed by atoms with E-state index in [1.54, 1.807) is 0 Å². The molecule has 2 unspecified atom stereocenters. The van der Waals surface area contributed by atoms with Crippen LogP contribution in [0.1, 0.15) is 65.2 Å². The second-order valence-corrected chi connectivity index (χ2v) is 6.08. The van der Waals surface area contributed by atoms with Gasteiger partial charge in [0.1, 0.15) is 0 Å². The number of nitrogens with zero attached hydrogens (tertiary/aromatic N) is 1. The van der Waals surface area contributed by atoms with E-state index in [1.807, 2.05) is 0 Å². The van der Waals surface area contributed by atoms with Gasteiger partial charge in [0.15, 0.2) is 0 Å². The Morgan fingerprint density at radius 1 is 1.06 bits per heavy atom. The third-order valence-corrected chi connectivity index (χ3v) is 4.40. The third-order valence-electron chi connectivity index (χ3n) is 4.40. The summed E-state index contributed by atoms with van der Waals surface area (Å²) in [5.74, 6) is 2.97. The summed E-state index contributed by atoms with van der Waals surface area (Å²) in [7, 11) is 0. The largest absolute Gasteiger partial charge is 0.371 e. The van der Waals surface area contributed by atoms with E-state index in [1.165, 1.54) is 57.2 Å². The molecule has 0 saturated heterocycles. The summed E-state index contributed by atoms with van der Waals surface area (Å²) in [6, 6.07) is 0.695. The Kier molecular flexibility index (Phi) is 4.87. The summed E-state index contributed by atoms with van der Waals surface area (Å²) >= 11 is 0. The van der Waals surface area contributed by atoms with Gasteiger partial charge in [-0.05, 0) is 37.5 Å². The lowest BCUT2D eigenvalue weighted by Crippen LogP contribution is -2.43. The molecule has 1 fully saturated rings. The van der Waals surface area contributed by atoms with Crippen LogP contribution in [0.15, 0.2) is 4.99 Å². The average Bonchev–Trinajstić information content (AvgIpc) is 2.58. The molecular formula is C15H28N2. The van der Waals surface area contributed by atoms with Crippen molar-refractivity contribution in [2.75, 3.05) is 6.54 Å². The Balaban J connectivity index is 1.92. The van der Waals surface area contributed by atoms with Gasteiger partial charge in [-0.3, -0.25) is 4.99 Å². The molecule has 1 heterocycles. The molecule has 0 aromatic heterocycles. The van der Waals surface area contributed by atoms with Gasteiger partial charge >= 0.3 is 0 Å². The SMILES string of the molecule is CC(C)C1CCCCC1NC1=NCCCCC1. The van der Waals surface area contributed by atoms with Crippen molar-refractivity contribution in [1.29, 1.82) is 0 Å². The highest BCUT2D eigenvalue weighted by Gasteiger charge is 2.28. The van der Waals surface area contributed by atoms with Crippen molar-refractivity contribution in [3.63, 3.8) is 0 Å². The van der Waals surface area contributed by atoms with Crippen LogP contribution in [-0.4, -0.2) is 18.4 Å². The number of aliphatic imine (C=N–C) groups is 1. The maximum absolute atomic E-state index is 4.72. The first-order chi connectivity index (χ1) is 8.27. The number of hydrogen-bond acceptors (Lipinski definition) is 2. The van der Waals surface area contributed by atoms with Gasteiger partial charge in [-0.15, -0.1) is 0 Å². The van der Waals surface area contributed by atoms with Crippen molar-refractivity contribution in [2.24, 2.45) is 16.8 Å². The quantitative estimate of drug-likeness (QED) is 0.775. The van der Waals surface area contributed by atoms with E-state index in [9.17, 15) is 0 Å². The standard InChI is InChI=1S/C15H28N2/c1-12(2)13-8-5-6-9-14(13)17-15-10-4-3-7-11-16-15/h12-14H,3-11H2,1-2H3,(H,16,17). The minimum absolute atomic E-state index is 0.695. The molecule has 17 heavy (non-hydrogen) atoms. The molecule has 1 saturated carbocycles. The molecule has 98 valence electrons. The lowest BCUT2D eigenvalue weighted by molar-refractivity contribution is 0.223. The fourth-order valence-corrected chi connectivity index (χ4v) is 3.34. The second-order valence-electron chi connectivity index (χ2n) is 6.08. The smallest absolute Gasteiger partial charge is 0.0965 e. The second kappa shape index (κ2) is 6.42. The highest BCUT2D eigenvalue weighted by atomic mass is 15.0. The van der Waals surface area contributed by atoms with Crippen molar-refractivity contribution < 1.29 is 0 Å². The van der Waals surface area contributed by atoms with E-state index in [-0.39, 0.29) is 0 Å². The van der Waals surface area contributed by atoms with E-state index in [4.69, 9.17) is 4.99 Å². The summed E-state index contributed by atoms with van der Waals surface area (Å²) < 4.78 is 0. The molecule has 0 amide bonds. The van der Waals surface area contributed by atoms with Crippen molar-refractivity contribution in [3.05, 3.63) is 0 Å². The van der Waals surface area contributed by atoms with E-state index in [0.717, 1.165) is 18.4 Å². The maximum Gasteiger partial charge on any atom is 0.0965 e. The van der Waals surface area contributed by atoms with E-state index >= 15 is 0 Å². The van der Waals surface area contributed by atoms with Gasteiger partial charge in [0.05, 0.1) is 5.84 Å². The molecule has 0 aromatic rings. The molecule has 2 nitrogen and oxygen atoms in total. The summed E-state index contributed by atoms with van der Waals surface area (Å²) in [6.45, 7) is 5.79. The van der Waals surface area contributed by atoms with Crippen LogP contribution in [0.5, 0.6) is 0 Å². The third kappa shape index (κ3) is 3.72. The predicted octanol–water partition coefficient (Wildman–Crippen LogP) is 3.76.